The third kappa shape index (κ3) is 3.94. The number of piperidine rings is 1. The average Bonchev–Trinajstić information content (AvgIpc) is 3.27. The fraction of sp³-hybridized carbons (Fsp3) is 0.562. The summed E-state index contributed by atoms with van der Waals surface area (Å²) in [7, 11) is 1.68. The van der Waals surface area contributed by atoms with Crippen LogP contribution in [0.5, 0.6) is 0 Å². The van der Waals surface area contributed by atoms with E-state index in [2.05, 4.69) is 20.4 Å². The molecule has 3 rings (SSSR count). The maximum Gasteiger partial charge on any atom is 0.323 e. The molecule has 0 radical (unpaired) electrons. The van der Waals surface area contributed by atoms with Crippen LogP contribution in [0.1, 0.15) is 37.5 Å². The Morgan fingerprint density at radius 3 is 3.21 bits per heavy atom. The van der Waals surface area contributed by atoms with E-state index in [4.69, 9.17) is 4.74 Å². The van der Waals surface area contributed by atoms with E-state index in [1.807, 2.05) is 21.8 Å². The monoisotopic (exact) mass is 332 g/mol. The zero-order valence-corrected chi connectivity index (χ0v) is 13.9. The van der Waals surface area contributed by atoms with Crippen molar-refractivity contribution in [2.24, 2.45) is 0 Å². The number of carbonyl (C=O) groups is 1. The molecule has 0 aliphatic carbocycles. The summed E-state index contributed by atoms with van der Waals surface area (Å²) in [6.07, 6.45) is 9.30. The van der Waals surface area contributed by atoms with Crippen molar-refractivity contribution < 1.29 is 9.53 Å². The molecule has 2 aromatic heterocycles. The van der Waals surface area contributed by atoms with Gasteiger partial charge in [-0.15, -0.1) is 0 Å². The number of aromatic nitrogens is 4. The fourth-order valence-corrected chi connectivity index (χ4v) is 3.02. The van der Waals surface area contributed by atoms with Gasteiger partial charge >= 0.3 is 6.03 Å². The van der Waals surface area contributed by atoms with Crippen molar-refractivity contribution >= 4 is 11.8 Å². The Kier molecular flexibility index (Phi) is 5.47. The second-order valence-electron chi connectivity index (χ2n) is 5.92. The Balaban J connectivity index is 1.61. The lowest BCUT2D eigenvalue weighted by atomic mass is 10.0. The van der Waals surface area contributed by atoms with Crippen LogP contribution in [0.3, 0.4) is 0 Å². The number of urea groups is 1. The van der Waals surface area contributed by atoms with Gasteiger partial charge in [-0.05, 0) is 25.7 Å². The van der Waals surface area contributed by atoms with Crippen LogP contribution in [0, 0.1) is 0 Å². The zero-order chi connectivity index (χ0) is 16.8. The number of rotatable bonds is 6. The Morgan fingerprint density at radius 1 is 1.50 bits per heavy atom. The minimum absolute atomic E-state index is 0.00228. The lowest BCUT2D eigenvalue weighted by molar-refractivity contribution is 0.159. The maximum absolute atomic E-state index is 12.6. The van der Waals surface area contributed by atoms with Gasteiger partial charge in [0.25, 0.3) is 0 Å². The summed E-state index contributed by atoms with van der Waals surface area (Å²) in [6, 6.07) is 1.69. The normalized spacial score (nSPS) is 17.9. The zero-order valence-electron chi connectivity index (χ0n) is 13.9. The molecule has 2 N–H and O–H groups in total. The number of aromatic amines is 1. The van der Waals surface area contributed by atoms with Crippen LogP contribution < -0.4 is 5.32 Å². The van der Waals surface area contributed by atoms with E-state index in [0.29, 0.717) is 12.4 Å². The Labute approximate surface area is 141 Å². The summed E-state index contributed by atoms with van der Waals surface area (Å²) in [5, 5.41) is 7.28. The first kappa shape index (κ1) is 16.5. The number of methoxy groups -OCH3 is 1. The second kappa shape index (κ2) is 7.96. The Morgan fingerprint density at radius 2 is 2.42 bits per heavy atom. The predicted octanol–water partition coefficient (Wildman–Crippen LogP) is 2.40. The van der Waals surface area contributed by atoms with Gasteiger partial charge in [0.15, 0.2) is 5.82 Å². The van der Waals surface area contributed by atoms with Crippen LogP contribution in [0.25, 0.3) is 0 Å². The molecule has 130 valence electrons. The Hall–Kier alpha value is -2.35. The van der Waals surface area contributed by atoms with Gasteiger partial charge in [0.05, 0.1) is 6.04 Å². The number of H-pyrrole nitrogens is 1. The van der Waals surface area contributed by atoms with Gasteiger partial charge in [-0.3, -0.25) is 10.00 Å². The number of likely N-dealkylation sites (tertiary alicyclic amines) is 1. The minimum Gasteiger partial charge on any atom is -0.385 e. The highest BCUT2D eigenvalue weighted by molar-refractivity contribution is 5.88. The molecule has 0 saturated carbocycles. The van der Waals surface area contributed by atoms with Crippen LogP contribution in [0.15, 0.2) is 24.7 Å². The van der Waals surface area contributed by atoms with Crippen molar-refractivity contribution in [3.05, 3.63) is 30.5 Å². The van der Waals surface area contributed by atoms with Crippen molar-refractivity contribution in [3.63, 3.8) is 0 Å². The molecule has 3 heterocycles. The minimum atomic E-state index is -0.127. The molecule has 1 atom stereocenters. The number of nitrogens with one attached hydrogen (secondary N) is 2. The first-order valence-corrected chi connectivity index (χ1v) is 8.37. The van der Waals surface area contributed by atoms with Gasteiger partial charge in [-0.1, -0.05) is 0 Å². The van der Waals surface area contributed by atoms with Crippen molar-refractivity contribution in [2.75, 3.05) is 25.6 Å². The third-order valence-corrected chi connectivity index (χ3v) is 4.21. The quantitative estimate of drug-likeness (QED) is 0.795. The van der Waals surface area contributed by atoms with Gasteiger partial charge in [0.2, 0.25) is 0 Å². The van der Waals surface area contributed by atoms with Crippen molar-refractivity contribution in [2.45, 2.75) is 38.3 Å². The summed E-state index contributed by atoms with van der Waals surface area (Å²) < 4.78 is 6.85. The summed E-state index contributed by atoms with van der Waals surface area (Å²) >= 11 is 0. The molecule has 1 aliphatic heterocycles. The average molecular weight is 332 g/mol. The molecule has 2 amide bonds. The molecular formula is C16H24N6O2. The molecular weight excluding hydrogens is 308 g/mol. The smallest absolute Gasteiger partial charge is 0.323 e. The van der Waals surface area contributed by atoms with Crippen molar-refractivity contribution in [1.29, 1.82) is 0 Å². The number of hydrogen-bond acceptors (Lipinski definition) is 4. The van der Waals surface area contributed by atoms with Crippen LogP contribution in [0.2, 0.25) is 0 Å². The number of anilines is 1. The highest BCUT2D eigenvalue weighted by Gasteiger charge is 2.29. The van der Waals surface area contributed by atoms with Crippen LogP contribution >= 0.6 is 0 Å². The topological polar surface area (TPSA) is 88.1 Å². The third-order valence-electron chi connectivity index (χ3n) is 4.21. The highest BCUT2D eigenvalue weighted by Crippen LogP contribution is 2.29. The lowest BCUT2D eigenvalue weighted by Gasteiger charge is -2.34. The number of hydrogen-bond donors (Lipinski definition) is 2. The van der Waals surface area contributed by atoms with Crippen molar-refractivity contribution in [1.82, 2.24) is 24.6 Å². The molecule has 24 heavy (non-hydrogen) atoms. The molecule has 8 nitrogen and oxygen atoms in total. The van der Waals surface area contributed by atoms with E-state index < -0.39 is 0 Å². The van der Waals surface area contributed by atoms with E-state index in [1.54, 1.807) is 19.5 Å². The van der Waals surface area contributed by atoms with Crippen LogP contribution in [-0.4, -0.2) is 50.9 Å². The van der Waals surface area contributed by atoms with Gasteiger partial charge in [0.1, 0.15) is 5.82 Å². The lowest BCUT2D eigenvalue weighted by Crippen LogP contribution is -2.41. The number of aryl methyl sites for hydroxylation is 1. The van der Waals surface area contributed by atoms with Crippen LogP contribution in [0.4, 0.5) is 10.6 Å². The molecule has 0 spiro atoms. The van der Waals surface area contributed by atoms with Gasteiger partial charge in [-0.25, -0.2) is 9.78 Å². The fourth-order valence-electron chi connectivity index (χ4n) is 3.02. The molecule has 0 unspecified atom stereocenters. The standard InChI is InChI=1S/C16H24N6O2/c1-24-12-4-9-21-11-6-14(20-21)19-16(23)22-10-3-2-5-13(22)15-17-7-8-18-15/h6-8,11,13H,2-5,9-10,12H2,1H3,(H,17,18)(H,19,20,23)/t13-/m1/s1. The molecule has 2 aromatic rings. The number of carbonyl (C=O) groups excluding carboxylic acids is 1. The summed E-state index contributed by atoms with van der Waals surface area (Å²) in [5.41, 5.74) is 0. The van der Waals surface area contributed by atoms with Gasteiger partial charge < -0.3 is 14.6 Å². The molecule has 1 fully saturated rings. The number of amides is 2. The second-order valence-corrected chi connectivity index (χ2v) is 5.92. The van der Waals surface area contributed by atoms with E-state index in [0.717, 1.165) is 44.6 Å². The summed E-state index contributed by atoms with van der Waals surface area (Å²) in [6.45, 7) is 2.19. The molecule has 1 saturated heterocycles. The SMILES string of the molecule is COCCCn1ccc(NC(=O)N2CCCC[C@@H]2c2ncc[nH]2)n1. The van der Waals surface area contributed by atoms with Gasteiger partial charge in [-0.2, -0.15) is 5.10 Å². The molecule has 8 heteroatoms. The first-order valence-electron chi connectivity index (χ1n) is 8.37. The molecule has 0 bridgehead atoms. The van der Waals surface area contributed by atoms with E-state index in [9.17, 15) is 4.79 Å². The molecule has 1 aliphatic rings. The summed E-state index contributed by atoms with van der Waals surface area (Å²) in [5.74, 6) is 1.41. The maximum atomic E-state index is 12.6. The highest BCUT2D eigenvalue weighted by atomic mass is 16.5. The van der Waals surface area contributed by atoms with Crippen LogP contribution in [-0.2, 0) is 11.3 Å². The molecule has 0 aromatic carbocycles. The predicted molar refractivity (Wildman–Crippen MR) is 89.6 cm³/mol. The number of imidazole rings is 1. The van der Waals surface area contributed by atoms with E-state index in [-0.39, 0.29) is 12.1 Å². The summed E-state index contributed by atoms with van der Waals surface area (Å²) in [4.78, 5) is 21.9. The van der Waals surface area contributed by atoms with E-state index in [1.165, 1.54) is 0 Å². The first-order chi connectivity index (χ1) is 11.8. The van der Waals surface area contributed by atoms with Gasteiger partial charge in [0, 0.05) is 51.5 Å². The Bertz CT molecular complexity index is 639. The largest absolute Gasteiger partial charge is 0.385 e. The number of ether oxygens (including phenoxy) is 1. The van der Waals surface area contributed by atoms with E-state index >= 15 is 0 Å². The van der Waals surface area contributed by atoms with Crippen molar-refractivity contribution in [3.8, 4) is 0 Å². The number of nitrogens with zero attached hydrogens (tertiary/aromatic N) is 4.